The van der Waals surface area contributed by atoms with Crippen molar-refractivity contribution in [2.45, 2.75) is 57.5 Å². The van der Waals surface area contributed by atoms with Crippen LogP contribution in [0.4, 0.5) is 0 Å². The number of nitrogens with one attached hydrogen (secondary N) is 2. The lowest BCUT2D eigenvalue weighted by Crippen LogP contribution is -2.52. The molecule has 0 bridgehead atoms. The van der Waals surface area contributed by atoms with Gasteiger partial charge in [-0.1, -0.05) is 87.4 Å². The van der Waals surface area contributed by atoms with Gasteiger partial charge >= 0.3 is 0 Å². The van der Waals surface area contributed by atoms with Gasteiger partial charge in [0.05, 0.1) is 5.92 Å². The zero-order chi connectivity index (χ0) is 19.9. The highest BCUT2D eigenvalue weighted by Crippen LogP contribution is 2.25. The number of hydrogen-bond donors (Lipinski definition) is 2. The third-order valence-electron chi connectivity index (χ3n) is 5.48. The average Bonchev–Trinajstić information content (AvgIpc) is 3.20. The summed E-state index contributed by atoms with van der Waals surface area (Å²) >= 11 is 0. The Labute approximate surface area is 167 Å². The molecule has 0 unspecified atom stereocenters. The van der Waals surface area contributed by atoms with Crippen molar-refractivity contribution in [3.05, 3.63) is 71.8 Å². The zero-order valence-corrected chi connectivity index (χ0v) is 16.7. The summed E-state index contributed by atoms with van der Waals surface area (Å²) in [5.74, 6) is -0.645. The maximum absolute atomic E-state index is 13.3. The molecule has 1 aliphatic carbocycles. The van der Waals surface area contributed by atoms with Gasteiger partial charge in [-0.05, 0) is 29.9 Å². The Hall–Kier alpha value is -2.62. The van der Waals surface area contributed by atoms with E-state index in [0.717, 1.165) is 36.8 Å². The molecule has 0 saturated heterocycles. The summed E-state index contributed by atoms with van der Waals surface area (Å²) in [6.07, 6.45) is 4.38. The summed E-state index contributed by atoms with van der Waals surface area (Å²) < 4.78 is 0. The van der Waals surface area contributed by atoms with Gasteiger partial charge < -0.3 is 10.6 Å². The Morgan fingerprint density at radius 2 is 1.32 bits per heavy atom. The van der Waals surface area contributed by atoms with E-state index in [1.165, 1.54) is 0 Å². The first-order valence-electron chi connectivity index (χ1n) is 10.3. The molecule has 1 saturated carbocycles. The standard InChI is InChI=1S/C24H30N2O2/c1-17(2)22(24(28)25-20-15-9-10-16-20)26-23(27)21(18-11-5-3-6-12-18)19-13-7-4-8-14-19/h3-8,11-14,17,20-22H,9-10,15-16H2,1-2H3,(H,25,28)(H,26,27)/t22-/m0/s1. The van der Waals surface area contributed by atoms with E-state index in [-0.39, 0.29) is 23.8 Å². The number of benzene rings is 2. The lowest BCUT2D eigenvalue weighted by Gasteiger charge is -2.26. The van der Waals surface area contributed by atoms with E-state index in [1.54, 1.807) is 0 Å². The number of carbonyl (C=O) groups excluding carboxylic acids is 2. The first-order valence-corrected chi connectivity index (χ1v) is 10.3. The van der Waals surface area contributed by atoms with Crippen LogP contribution in [-0.4, -0.2) is 23.9 Å². The van der Waals surface area contributed by atoms with Crippen molar-refractivity contribution >= 4 is 11.8 Å². The van der Waals surface area contributed by atoms with Crippen LogP contribution in [0, 0.1) is 5.92 Å². The van der Waals surface area contributed by atoms with Gasteiger partial charge in [0.1, 0.15) is 6.04 Å². The molecule has 0 spiro atoms. The molecule has 28 heavy (non-hydrogen) atoms. The Kier molecular flexibility index (Phi) is 6.85. The summed E-state index contributed by atoms with van der Waals surface area (Å²) in [7, 11) is 0. The summed E-state index contributed by atoms with van der Waals surface area (Å²) in [6.45, 7) is 3.94. The number of hydrogen-bond acceptors (Lipinski definition) is 2. The third-order valence-corrected chi connectivity index (χ3v) is 5.48. The molecule has 2 aromatic rings. The van der Waals surface area contributed by atoms with Crippen LogP contribution < -0.4 is 10.6 Å². The van der Waals surface area contributed by atoms with Gasteiger partial charge in [0.25, 0.3) is 0 Å². The normalized spacial score (nSPS) is 15.6. The molecule has 2 amide bonds. The second kappa shape index (κ2) is 9.54. The molecular formula is C24H30N2O2. The van der Waals surface area contributed by atoms with E-state index >= 15 is 0 Å². The Morgan fingerprint density at radius 3 is 1.79 bits per heavy atom. The van der Waals surface area contributed by atoms with Gasteiger partial charge in [-0.25, -0.2) is 0 Å². The molecule has 0 aliphatic heterocycles. The fourth-order valence-corrected chi connectivity index (χ4v) is 3.92. The number of amides is 2. The van der Waals surface area contributed by atoms with Crippen molar-refractivity contribution < 1.29 is 9.59 Å². The second-order valence-corrected chi connectivity index (χ2v) is 7.97. The minimum atomic E-state index is -0.539. The van der Waals surface area contributed by atoms with Crippen molar-refractivity contribution in [3.8, 4) is 0 Å². The van der Waals surface area contributed by atoms with E-state index in [9.17, 15) is 9.59 Å². The van der Waals surface area contributed by atoms with Crippen LogP contribution in [0.5, 0.6) is 0 Å². The van der Waals surface area contributed by atoms with Crippen LogP contribution in [0.3, 0.4) is 0 Å². The highest BCUT2D eigenvalue weighted by molar-refractivity contribution is 5.92. The molecule has 2 aromatic carbocycles. The Morgan fingerprint density at radius 1 is 0.821 bits per heavy atom. The number of rotatable bonds is 7. The highest BCUT2D eigenvalue weighted by atomic mass is 16.2. The fourth-order valence-electron chi connectivity index (χ4n) is 3.92. The molecule has 1 aliphatic rings. The molecule has 0 heterocycles. The van der Waals surface area contributed by atoms with E-state index in [4.69, 9.17) is 0 Å². The quantitative estimate of drug-likeness (QED) is 0.765. The van der Waals surface area contributed by atoms with Crippen LogP contribution in [0.1, 0.15) is 56.6 Å². The van der Waals surface area contributed by atoms with Crippen molar-refractivity contribution in [2.75, 3.05) is 0 Å². The first-order chi connectivity index (χ1) is 13.6. The summed E-state index contributed by atoms with van der Waals surface area (Å²) in [4.78, 5) is 26.2. The maximum Gasteiger partial charge on any atom is 0.243 e. The fraction of sp³-hybridized carbons (Fsp3) is 0.417. The Balaban J connectivity index is 1.80. The lowest BCUT2D eigenvalue weighted by molar-refractivity contribution is -0.130. The van der Waals surface area contributed by atoms with Gasteiger partial charge in [-0.3, -0.25) is 9.59 Å². The van der Waals surface area contributed by atoms with E-state index in [1.807, 2.05) is 74.5 Å². The molecule has 0 radical (unpaired) electrons. The first kappa shape index (κ1) is 20.1. The van der Waals surface area contributed by atoms with Crippen LogP contribution in [0.2, 0.25) is 0 Å². The largest absolute Gasteiger partial charge is 0.352 e. The highest BCUT2D eigenvalue weighted by Gasteiger charge is 2.31. The lowest BCUT2D eigenvalue weighted by atomic mass is 9.89. The molecule has 3 rings (SSSR count). The van der Waals surface area contributed by atoms with Crippen LogP contribution in [0.25, 0.3) is 0 Å². The van der Waals surface area contributed by atoms with E-state index in [2.05, 4.69) is 10.6 Å². The van der Waals surface area contributed by atoms with E-state index < -0.39 is 12.0 Å². The van der Waals surface area contributed by atoms with Crippen molar-refractivity contribution in [1.29, 1.82) is 0 Å². The summed E-state index contributed by atoms with van der Waals surface area (Å²) in [5, 5.41) is 6.17. The molecule has 0 aromatic heterocycles. The Bertz CT molecular complexity index is 728. The van der Waals surface area contributed by atoms with Gasteiger partial charge in [-0.15, -0.1) is 0 Å². The van der Waals surface area contributed by atoms with Crippen molar-refractivity contribution in [1.82, 2.24) is 10.6 Å². The predicted molar refractivity (Wildman–Crippen MR) is 112 cm³/mol. The van der Waals surface area contributed by atoms with Crippen LogP contribution >= 0.6 is 0 Å². The third kappa shape index (κ3) is 5.00. The molecule has 1 fully saturated rings. The SMILES string of the molecule is CC(C)[C@H](NC(=O)C(c1ccccc1)c1ccccc1)C(=O)NC1CCCC1. The molecule has 4 heteroatoms. The van der Waals surface area contributed by atoms with Crippen molar-refractivity contribution in [2.24, 2.45) is 5.92 Å². The maximum atomic E-state index is 13.3. The summed E-state index contributed by atoms with van der Waals surface area (Å²) in [6, 6.07) is 19.2. The minimum absolute atomic E-state index is 0.0116. The van der Waals surface area contributed by atoms with Gasteiger partial charge in [0.2, 0.25) is 11.8 Å². The van der Waals surface area contributed by atoms with Crippen LogP contribution in [0.15, 0.2) is 60.7 Å². The smallest absolute Gasteiger partial charge is 0.243 e. The summed E-state index contributed by atoms with van der Waals surface area (Å²) in [5.41, 5.74) is 1.84. The molecular weight excluding hydrogens is 348 g/mol. The average molecular weight is 379 g/mol. The van der Waals surface area contributed by atoms with Gasteiger partial charge in [0, 0.05) is 6.04 Å². The monoisotopic (exact) mass is 378 g/mol. The predicted octanol–water partition coefficient (Wildman–Crippen LogP) is 4.02. The minimum Gasteiger partial charge on any atom is -0.352 e. The number of carbonyl (C=O) groups is 2. The van der Waals surface area contributed by atoms with E-state index in [0.29, 0.717) is 0 Å². The van der Waals surface area contributed by atoms with Crippen LogP contribution in [-0.2, 0) is 9.59 Å². The molecule has 148 valence electrons. The van der Waals surface area contributed by atoms with Crippen molar-refractivity contribution in [3.63, 3.8) is 0 Å². The zero-order valence-electron chi connectivity index (χ0n) is 16.7. The molecule has 1 atom stereocenters. The molecule has 2 N–H and O–H groups in total. The topological polar surface area (TPSA) is 58.2 Å². The van der Waals surface area contributed by atoms with Gasteiger partial charge in [0.15, 0.2) is 0 Å². The second-order valence-electron chi connectivity index (χ2n) is 7.97. The van der Waals surface area contributed by atoms with Gasteiger partial charge in [-0.2, -0.15) is 0 Å². The molecule has 4 nitrogen and oxygen atoms in total.